The second-order valence-corrected chi connectivity index (χ2v) is 7.73. The topological polar surface area (TPSA) is 38.3 Å². The number of carbonyl (C=O) groups excluding carboxylic acids is 1. The first kappa shape index (κ1) is 23.1. The Kier molecular flexibility index (Phi) is 6.68. The van der Waals surface area contributed by atoms with E-state index < -0.39 is 11.7 Å². The van der Waals surface area contributed by atoms with Crippen LogP contribution in [-0.4, -0.2) is 13.0 Å². The van der Waals surface area contributed by atoms with Gasteiger partial charge in [-0.1, -0.05) is 66.7 Å². The zero-order valence-corrected chi connectivity index (χ0v) is 18.4. The summed E-state index contributed by atoms with van der Waals surface area (Å²) >= 11 is 0. The lowest BCUT2D eigenvalue weighted by Gasteiger charge is -2.10. The van der Waals surface area contributed by atoms with Crippen LogP contribution >= 0.6 is 0 Å². The number of amides is 1. The molecule has 3 nitrogen and oxygen atoms in total. The van der Waals surface area contributed by atoms with Gasteiger partial charge >= 0.3 is 6.18 Å². The minimum Gasteiger partial charge on any atom is -0.496 e. The van der Waals surface area contributed by atoms with Crippen LogP contribution in [0.25, 0.3) is 22.3 Å². The summed E-state index contributed by atoms with van der Waals surface area (Å²) < 4.78 is 43.6. The van der Waals surface area contributed by atoms with E-state index >= 15 is 0 Å². The van der Waals surface area contributed by atoms with Crippen LogP contribution < -0.4 is 10.1 Å². The van der Waals surface area contributed by atoms with Crippen LogP contribution in [-0.2, 0) is 12.7 Å². The Bertz CT molecular complexity index is 1260. The lowest BCUT2D eigenvalue weighted by Crippen LogP contribution is -2.22. The average molecular weight is 461 g/mol. The summed E-state index contributed by atoms with van der Waals surface area (Å²) in [5, 5.41) is 2.89. The van der Waals surface area contributed by atoms with Gasteiger partial charge in [0.1, 0.15) is 5.75 Å². The fourth-order valence-corrected chi connectivity index (χ4v) is 3.64. The highest BCUT2D eigenvalue weighted by molar-refractivity contribution is 5.94. The van der Waals surface area contributed by atoms with E-state index in [1.54, 1.807) is 19.2 Å². The average Bonchev–Trinajstić information content (AvgIpc) is 2.87. The number of methoxy groups -OCH3 is 1. The van der Waals surface area contributed by atoms with Gasteiger partial charge < -0.3 is 10.1 Å². The molecule has 0 unspecified atom stereocenters. The van der Waals surface area contributed by atoms with Gasteiger partial charge in [-0.3, -0.25) is 4.79 Å². The van der Waals surface area contributed by atoms with Gasteiger partial charge in [0, 0.05) is 17.7 Å². The molecule has 4 aromatic carbocycles. The van der Waals surface area contributed by atoms with Gasteiger partial charge in [-0.15, -0.1) is 0 Å². The first-order valence-corrected chi connectivity index (χ1v) is 10.6. The van der Waals surface area contributed by atoms with Crippen LogP contribution in [0, 0.1) is 0 Å². The summed E-state index contributed by atoms with van der Waals surface area (Å²) in [6.07, 6.45) is -4.35. The minimum atomic E-state index is -4.35. The molecule has 0 heterocycles. The summed E-state index contributed by atoms with van der Waals surface area (Å²) in [6.45, 7) is 0.334. The number of benzene rings is 4. The van der Waals surface area contributed by atoms with E-state index in [4.69, 9.17) is 4.74 Å². The molecule has 34 heavy (non-hydrogen) atoms. The number of nitrogens with one attached hydrogen (secondary N) is 1. The number of halogens is 3. The van der Waals surface area contributed by atoms with Crippen molar-refractivity contribution in [2.24, 2.45) is 0 Å². The van der Waals surface area contributed by atoms with Crippen molar-refractivity contribution < 1.29 is 22.7 Å². The zero-order valence-electron chi connectivity index (χ0n) is 18.4. The van der Waals surface area contributed by atoms with E-state index in [0.717, 1.165) is 40.1 Å². The summed E-state index contributed by atoms with van der Waals surface area (Å²) in [7, 11) is 1.62. The van der Waals surface area contributed by atoms with E-state index in [1.165, 1.54) is 12.1 Å². The van der Waals surface area contributed by atoms with E-state index in [1.807, 2.05) is 60.7 Å². The summed E-state index contributed by atoms with van der Waals surface area (Å²) in [5.41, 5.74) is 4.15. The van der Waals surface area contributed by atoms with E-state index in [-0.39, 0.29) is 5.91 Å². The maximum atomic E-state index is 12.7. The molecule has 4 rings (SSSR count). The van der Waals surface area contributed by atoms with Crippen molar-refractivity contribution in [1.82, 2.24) is 5.32 Å². The SMILES string of the molecule is COc1ccccc1-c1ccc(C(=O)NCc2ccc(-c3ccc(C(F)(F)F)cc3)cc2)cc1. The number of carbonyl (C=O) groups is 1. The molecular weight excluding hydrogens is 439 g/mol. The number of hydrogen-bond donors (Lipinski definition) is 1. The molecule has 4 aromatic rings. The molecule has 0 saturated carbocycles. The van der Waals surface area contributed by atoms with Crippen LogP contribution in [0.1, 0.15) is 21.5 Å². The monoisotopic (exact) mass is 461 g/mol. The third kappa shape index (κ3) is 5.29. The summed E-state index contributed by atoms with van der Waals surface area (Å²) in [4.78, 5) is 12.6. The van der Waals surface area contributed by atoms with E-state index in [9.17, 15) is 18.0 Å². The van der Waals surface area contributed by atoms with Crippen molar-refractivity contribution in [2.75, 3.05) is 7.11 Å². The predicted octanol–water partition coefficient (Wildman–Crippen LogP) is 6.98. The first-order valence-electron chi connectivity index (χ1n) is 10.6. The smallest absolute Gasteiger partial charge is 0.416 e. The number of para-hydroxylation sites is 1. The third-order valence-electron chi connectivity index (χ3n) is 5.52. The van der Waals surface area contributed by atoms with Crippen LogP contribution in [0.5, 0.6) is 5.75 Å². The molecule has 1 amide bonds. The Hall–Kier alpha value is -4.06. The normalized spacial score (nSPS) is 11.2. The highest BCUT2D eigenvalue weighted by Gasteiger charge is 2.29. The maximum Gasteiger partial charge on any atom is 0.416 e. The molecule has 0 spiro atoms. The summed E-state index contributed by atoms with van der Waals surface area (Å²) in [5.74, 6) is 0.567. The number of ether oxygens (including phenoxy) is 1. The number of alkyl halides is 3. The molecule has 1 N–H and O–H groups in total. The molecule has 0 fully saturated rings. The zero-order chi connectivity index (χ0) is 24.1. The Labute approximate surface area is 195 Å². The van der Waals surface area contributed by atoms with Crippen molar-refractivity contribution >= 4 is 5.91 Å². The van der Waals surface area contributed by atoms with Crippen LogP contribution in [0.3, 0.4) is 0 Å². The van der Waals surface area contributed by atoms with Crippen molar-refractivity contribution in [3.05, 3.63) is 114 Å². The van der Waals surface area contributed by atoms with Crippen molar-refractivity contribution in [3.8, 4) is 28.0 Å². The Morgan fingerprint density at radius 2 is 1.32 bits per heavy atom. The van der Waals surface area contributed by atoms with Gasteiger partial charge in [0.15, 0.2) is 0 Å². The highest BCUT2D eigenvalue weighted by Crippen LogP contribution is 2.31. The summed E-state index contributed by atoms with van der Waals surface area (Å²) in [6, 6.07) is 27.4. The Balaban J connectivity index is 1.37. The Morgan fingerprint density at radius 1 is 0.765 bits per heavy atom. The fourth-order valence-electron chi connectivity index (χ4n) is 3.64. The molecule has 0 aliphatic heterocycles. The molecule has 0 aliphatic rings. The van der Waals surface area contributed by atoms with Crippen LogP contribution in [0.4, 0.5) is 13.2 Å². The van der Waals surface area contributed by atoms with Crippen molar-refractivity contribution in [1.29, 1.82) is 0 Å². The van der Waals surface area contributed by atoms with Crippen molar-refractivity contribution in [3.63, 3.8) is 0 Å². The quantitative estimate of drug-likeness (QED) is 0.336. The Morgan fingerprint density at radius 3 is 1.91 bits per heavy atom. The minimum absolute atomic E-state index is 0.196. The lowest BCUT2D eigenvalue weighted by molar-refractivity contribution is -0.137. The molecular formula is C28H22F3NO2. The van der Waals surface area contributed by atoms with Gasteiger partial charge in [-0.25, -0.2) is 0 Å². The molecule has 0 saturated heterocycles. The molecule has 0 aromatic heterocycles. The number of hydrogen-bond acceptors (Lipinski definition) is 2. The van der Waals surface area contributed by atoms with Gasteiger partial charge in [0.05, 0.1) is 12.7 Å². The highest BCUT2D eigenvalue weighted by atomic mass is 19.4. The second-order valence-electron chi connectivity index (χ2n) is 7.73. The first-order chi connectivity index (χ1) is 16.3. The van der Waals surface area contributed by atoms with Gasteiger partial charge in [0.2, 0.25) is 0 Å². The van der Waals surface area contributed by atoms with Crippen LogP contribution in [0.2, 0.25) is 0 Å². The molecule has 0 radical (unpaired) electrons. The van der Waals surface area contributed by atoms with Crippen molar-refractivity contribution in [2.45, 2.75) is 12.7 Å². The largest absolute Gasteiger partial charge is 0.496 e. The predicted molar refractivity (Wildman–Crippen MR) is 126 cm³/mol. The van der Waals surface area contributed by atoms with Gasteiger partial charge in [0.25, 0.3) is 5.91 Å². The molecule has 0 atom stereocenters. The molecule has 0 aliphatic carbocycles. The van der Waals surface area contributed by atoms with Gasteiger partial charge in [-0.2, -0.15) is 13.2 Å². The molecule has 172 valence electrons. The van der Waals surface area contributed by atoms with Gasteiger partial charge in [-0.05, 0) is 52.6 Å². The fraction of sp³-hybridized carbons (Fsp3) is 0.107. The lowest BCUT2D eigenvalue weighted by atomic mass is 10.0. The number of rotatable bonds is 6. The van der Waals surface area contributed by atoms with E-state index in [2.05, 4.69) is 5.32 Å². The van der Waals surface area contributed by atoms with E-state index in [0.29, 0.717) is 17.7 Å². The molecule has 0 bridgehead atoms. The standard InChI is InChI=1S/C28H22F3NO2/c1-34-26-5-3-2-4-25(26)22-10-12-23(13-11-22)27(33)32-18-19-6-8-20(9-7-19)21-14-16-24(17-15-21)28(29,30)31/h2-17H,18H2,1H3,(H,32,33). The third-order valence-corrected chi connectivity index (χ3v) is 5.52. The molecule has 6 heteroatoms. The van der Waals surface area contributed by atoms with Crippen LogP contribution in [0.15, 0.2) is 97.1 Å². The maximum absolute atomic E-state index is 12.7. The second kappa shape index (κ2) is 9.83.